The summed E-state index contributed by atoms with van der Waals surface area (Å²) < 4.78 is 28.4. The minimum atomic E-state index is -3.74. The zero-order chi connectivity index (χ0) is 23.5. The van der Waals surface area contributed by atoms with Crippen molar-refractivity contribution in [2.45, 2.75) is 32.6 Å². The molecule has 6 nitrogen and oxygen atoms in total. The molecule has 3 aromatic rings. The maximum absolute atomic E-state index is 12.9. The van der Waals surface area contributed by atoms with Crippen molar-refractivity contribution in [3.8, 4) is 0 Å². The van der Waals surface area contributed by atoms with Crippen LogP contribution in [-0.2, 0) is 10.0 Å². The van der Waals surface area contributed by atoms with Crippen molar-refractivity contribution in [3.63, 3.8) is 0 Å². The molecule has 0 aliphatic rings. The summed E-state index contributed by atoms with van der Waals surface area (Å²) in [4.78, 5) is 11.7. The Morgan fingerprint density at radius 2 is 1.44 bits per heavy atom. The van der Waals surface area contributed by atoms with Crippen LogP contribution >= 0.6 is 12.2 Å². The summed E-state index contributed by atoms with van der Waals surface area (Å²) >= 11 is 5.32. The Kier molecular flexibility index (Phi) is 6.96. The molecule has 0 spiro atoms. The second kappa shape index (κ2) is 9.50. The van der Waals surface area contributed by atoms with E-state index in [0.717, 1.165) is 16.7 Å². The van der Waals surface area contributed by atoms with Crippen molar-refractivity contribution in [3.05, 3.63) is 82.9 Å². The Morgan fingerprint density at radius 3 is 2.03 bits per heavy atom. The second-order valence-corrected chi connectivity index (χ2v) is 9.71. The van der Waals surface area contributed by atoms with E-state index in [0.29, 0.717) is 27.7 Å². The lowest BCUT2D eigenvalue weighted by molar-refractivity contribution is 0.101. The first kappa shape index (κ1) is 23.4. The van der Waals surface area contributed by atoms with E-state index in [-0.39, 0.29) is 10.7 Å². The zero-order valence-corrected chi connectivity index (χ0v) is 19.9. The Balaban J connectivity index is 1.70. The normalized spacial score (nSPS) is 11.0. The summed E-state index contributed by atoms with van der Waals surface area (Å²) in [7, 11) is -3.74. The largest absolute Gasteiger partial charge is 0.332 e. The molecule has 0 aromatic heterocycles. The molecule has 166 valence electrons. The number of hydrogen-bond acceptors (Lipinski definition) is 4. The number of carbonyl (C=O) groups excluding carboxylic acids is 1. The minimum Gasteiger partial charge on any atom is -0.332 e. The lowest BCUT2D eigenvalue weighted by atomic mass is 10.1. The van der Waals surface area contributed by atoms with Crippen LogP contribution in [-0.4, -0.2) is 19.3 Å². The number of thiocarbonyl (C=S) groups is 1. The molecule has 8 heteroatoms. The van der Waals surface area contributed by atoms with Crippen molar-refractivity contribution in [2.24, 2.45) is 0 Å². The van der Waals surface area contributed by atoms with Crippen molar-refractivity contribution >= 4 is 50.2 Å². The molecule has 0 bridgehead atoms. The van der Waals surface area contributed by atoms with Crippen molar-refractivity contribution in [2.75, 3.05) is 15.4 Å². The Morgan fingerprint density at radius 1 is 0.844 bits per heavy atom. The van der Waals surface area contributed by atoms with Gasteiger partial charge < -0.3 is 10.6 Å². The molecule has 0 heterocycles. The first-order valence-corrected chi connectivity index (χ1v) is 11.8. The van der Waals surface area contributed by atoms with E-state index in [1.807, 2.05) is 32.9 Å². The molecule has 0 atom stereocenters. The Labute approximate surface area is 194 Å². The van der Waals surface area contributed by atoms with Gasteiger partial charge in [-0.1, -0.05) is 29.8 Å². The number of hydrogen-bond donors (Lipinski definition) is 3. The van der Waals surface area contributed by atoms with Gasteiger partial charge in [-0.15, -0.1) is 0 Å². The summed E-state index contributed by atoms with van der Waals surface area (Å²) in [5.74, 6) is -0.0334. The average molecular weight is 468 g/mol. The SMILES string of the molecule is CC(=O)c1cccc(NC(=S)Nc2ccc(S(=O)(=O)Nc3c(C)cc(C)cc3C)cc2)c1. The van der Waals surface area contributed by atoms with Crippen molar-refractivity contribution in [1.29, 1.82) is 0 Å². The number of aryl methyl sites for hydroxylation is 3. The molecular formula is C24H25N3O3S2. The van der Waals surface area contributed by atoms with Crippen LogP contribution in [0.15, 0.2) is 65.6 Å². The Bertz CT molecular complexity index is 1260. The van der Waals surface area contributed by atoms with E-state index in [1.165, 1.54) is 19.1 Å². The van der Waals surface area contributed by atoms with Gasteiger partial charge in [-0.25, -0.2) is 8.42 Å². The Hall–Kier alpha value is -3.23. The van der Waals surface area contributed by atoms with Crippen LogP contribution in [0.5, 0.6) is 0 Å². The third-order valence-corrected chi connectivity index (χ3v) is 6.43. The molecule has 0 amide bonds. The summed E-state index contributed by atoms with van der Waals surface area (Å²) in [5, 5.41) is 6.35. The molecule has 0 aliphatic heterocycles. The number of nitrogens with one attached hydrogen (secondary N) is 3. The van der Waals surface area contributed by atoms with Gasteiger partial charge in [0.1, 0.15) is 0 Å². The van der Waals surface area contributed by atoms with Crippen molar-refractivity contribution in [1.82, 2.24) is 0 Å². The molecule has 0 radical (unpaired) electrons. The minimum absolute atomic E-state index is 0.0334. The first-order chi connectivity index (χ1) is 15.0. The predicted molar refractivity (Wildman–Crippen MR) is 134 cm³/mol. The van der Waals surface area contributed by atoms with Crippen LogP contribution in [0.2, 0.25) is 0 Å². The van der Waals surface area contributed by atoms with E-state index in [9.17, 15) is 13.2 Å². The number of anilines is 3. The molecule has 0 saturated carbocycles. The van der Waals surface area contributed by atoms with Crippen molar-refractivity contribution < 1.29 is 13.2 Å². The number of ketones is 1. The van der Waals surface area contributed by atoms with Gasteiger partial charge in [0.25, 0.3) is 10.0 Å². The third kappa shape index (κ3) is 5.72. The molecule has 32 heavy (non-hydrogen) atoms. The monoisotopic (exact) mass is 467 g/mol. The smallest absolute Gasteiger partial charge is 0.261 e. The van der Waals surface area contributed by atoms with E-state index >= 15 is 0 Å². The quantitative estimate of drug-likeness (QED) is 0.331. The van der Waals surface area contributed by atoms with Gasteiger partial charge in [-0.3, -0.25) is 9.52 Å². The van der Waals surface area contributed by atoms with Crippen LogP contribution in [0.3, 0.4) is 0 Å². The van der Waals surface area contributed by atoms with E-state index in [1.54, 1.807) is 36.4 Å². The highest BCUT2D eigenvalue weighted by molar-refractivity contribution is 7.92. The lowest BCUT2D eigenvalue weighted by Crippen LogP contribution is -2.19. The molecular weight excluding hydrogens is 442 g/mol. The summed E-state index contributed by atoms with van der Waals surface area (Å²) in [6.45, 7) is 7.24. The highest BCUT2D eigenvalue weighted by Crippen LogP contribution is 2.25. The van der Waals surface area contributed by atoms with Crippen LogP contribution in [0, 0.1) is 20.8 Å². The molecule has 3 N–H and O–H groups in total. The van der Waals surface area contributed by atoms with Crippen LogP contribution < -0.4 is 15.4 Å². The lowest BCUT2D eigenvalue weighted by Gasteiger charge is -2.15. The van der Waals surface area contributed by atoms with Gasteiger partial charge in [0, 0.05) is 16.9 Å². The fourth-order valence-electron chi connectivity index (χ4n) is 3.36. The summed E-state index contributed by atoms with van der Waals surface area (Å²) in [6.07, 6.45) is 0. The maximum Gasteiger partial charge on any atom is 0.261 e. The summed E-state index contributed by atoms with van der Waals surface area (Å²) in [5.41, 5.74) is 5.31. The predicted octanol–water partition coefficient (Wildman–Crippen LogP) is 5.42. The fourth-order valence-corrected chi connectivity index (χ4v) is 4.80. The maximum atomic E-state index is 12.9. The molecule has 3 aromatic carbocycles. The van der Waals surface area contributed by atoms with E-state index in [2.05, 4.69) is 15.4 Å². The number of sulfonamides is 1. The average Bonchev–Trinajstić information content (AvgIpc) is 2.71. The molecule has 0 saturated heterocycles. The van der Waals surface area contributed by atoms with Crippen LogP contribution in [0.25, 0.3) is 0 Å². The van der Waals surface area contributed by atoms with Gasteiger partial charge >= 0.3 is 0 Å². The number of benzene rings is 3. The van der Waals surface area contributed by atoms with Crippen LogP contribution in [0.4, 0.5) is 17.1 Å². The van der Waals surface area contributed by atoms with Gasteiger partial charge in [0.15, 0.2) is 10.9 Å². The van der Waals surface area contributed by atoms with Gasteiger partial charge in [-0.05, 0) is 87.4 Å². The topological polar surface area (TPSA) is 87.3 Å². The van der Waals surface area contributed by atoms with Crippen LogP contribution in [0.1, 0.15) is 34.0 Å². The summed E-state index contributed by atoms with van der Waals surface area (Å²) in [6, 6.07) is 17.2. The second-order valence-electron chi connectivity index (χ2n) is 7.62. The first-order valence-electron chi connectivity index (χ1n) is 9.95. The molecule has 0 fully saturated rings. The standard InChI is InChI=1S/C24H25N3O3S2/c1-15-12-16(2)23(17(3)13-15)27-32(29,30)22-10-8-20(9-11-22)25-24(31)26-21-7-5-6-19(14-21)18(4)28/h5-14,27H,1-4H3,(H2,25,26,31). The third-order valence-electron chi connectivity index (χ3n) is 4.86. The molecule has 0 unspecified atom stereocenters. The van der Waals surface area contributed by atoms with Gasteiger partial charge in [0.2, 0.25) is 0 Å². The van der Waals surface area contributed by atoms with E-state index in [4.69, 9.17) is 12.2 Å². The van der Waals surface area contributed by atoms with E-state index < -0.39 is 10.0 Å². The highest BCUT2D eigenvalue weighted by atomic mass is 32.2. The molecule has 0 aliphatic carbocycles. The fraction of sp³-hybridized carbons (Fsp3) is 0.167. The zero-order valence-electron chi connectivity index (χ0n) is 18.3. The molecule has 3 rings (SSSR count). The van der Waals surface area contributed by atoms with Gasteiger partial charge in [-0.2, -0.15) is 0 Å². The number of Topliss-reactive ketones (excluding diaryl/α,β-unsaturated/α-hetero) is 1. The van der Waals surface area contributed by atoms with Gasteiger partial charge in [0.05, 0.1) is 10.6 Å². The highest BCUT2D eigenvalue weighted by Gasteiger charge is 2.17. The number of carbonyl (C=O) groups is 1. The number of rotatable bonds is 6.